The van der Waals surface area contributed by atoms with Gasteiger partial charge in [0.2, 0.25) is 0 Å². The lowest BCUT2D eigenvalue weighted by Crippen LogP contribution is -2.26. The highest BCUT2D eigenvalue weighted by Gasteiger charge is 2.30. The fourth-order valence-corrected chi connectivity index (χ4v) is 1.99. The van der Waals surface area contributed by atoms with Gasteiger partial charge in [0.15, 0.2) is 11.6 Å². The van der Waals surface area contributed by atoms with Crippen LogP contribution in [0.1, 0.15) is 5.56 Å². The third-order valence-corrected chi connectivity index (χ3v) is 3.16. The van der Waals surface area contributed by atoms with Crippen LogP contribution < -0.4 is 16.0 Å². The second-order valence-electron chi connectivity index (χ2n) is 4.83. The maximum atomic E-state index is 12.6. The number of anilines is 4. The number of nitriles is 2. The predicted molar refractivity (Wildman–Crippen MR) is 84.6 cm³/mol. The van der Waals surface area contributed by atoms with Gasteiger partial charge in [-0.2, -0.15) is 23.7 Å². The number of nitrogens with two attached hydrogens (primary N) is 1. The Hall–Kier alpha value is -3.53. The Balaban J connectivity index is 2.28. The smallest absolute Gasteiger partial charge is 0.393 e. The van der Waals surface area contributed by atoms with Crippen LogP contribution in [0.4, 0.5) is 36.2 Å². The van der Waals surface area contributed by atoms with Crippen molar-refractivity contribution in [1.82, 2.24) is 9.97 Å². The van der Waals surface area contributed by atoms with Crippen LogP contribution in [0, 0.1) is 22.7 Å². The Labute approximate surface area is 141 Å². The highest BCUT2D eigenvalue weighted by Crippen LogP contribution is 2.32. The van der Waals surface area contributed by atoms with Crippen molar-refractivity contribution in [2.45, 2.75) is 6.18 Å². The summed E-state index contributed by atoms with van der Waals surface area (Å²) in [5.41, 5.74) is 5.61. The van der Waals surface area contributed by atoms with E-state index in [1.54, 1.807) is 0 Å². The van der Waals surface area contributed by atoms with Crippen molar-refractivity contribution in [3.8, 4) is 12.1 Å². The topological polar surface area (TPSA) is 115 Å². The molecule has 1 heterocycles. The molecule has 1 aromatic carbocycles. The molecule has 7 nitrogen and oxygen atoms in total. The second kappa shape index (κ2) is 7.36. The number of nitrogen functional groups attached to an aromatic ring is 1. The summed E-state index contributed by atoms with van der Waals surface area (Å²) >= 11 is 0. The average molecular weight is 347 g/mol. The molecular weight excluding hydrogens is 335 g/mol. The number of nitrogens with one attached hydrogen (secondary N) is 1. The zero-order valence-corrected chi connectivity index (χ0v) is 12.7. The molecule has 2 aromatic rings. The first-order valence-corrected chi connectivity index (χ1v) is 6.90. The number of rotatable bonds is 5. The van der Waals surface area contributed by atoms with E-state index in [-0.39, 0.29) is 30.4 Å². The quantitative estimate of drug-likeness (QED) is 0.799. The summed E-state index contributed by atoms with van der Waals surface area (Å²) in [7, 11) is 0. The lowest BCUT2D eigenvalue weighted by atomic mass is 10.2. The van der Waals surface area contributed by atoms with E-state index in [1.807, 2.05) is 12.1 Å². The van der Waals surface area contributed by atoms with Crippen LogP contribution in [0.25, 0.3) is 0 Å². The van der Waals surface area contributed by atoms with E-state index in [4.69, 9.17) is 16.3 Å². The first-order chi connectivity index (χ1) is 11.9. The number of benzene rings is 1. The molecule has 0 saturated heterocycles. The summed E-state index contributed by atoms with van der Waals surface area (Å²) in [4.78, 5) is 9.27. The molecule has 0 atom stereocenters. The molecule has 0 aliphatic rings. The van der Waals surface area contributed by atoms with Gasteiger partial charge in [0.05, 0.1) is 17.7 Å². The van der Waals surface area contributed by atoms with E-state index >= 15 is 0 Å². The van der Waals surface area contributed by atoms with Gasteiger partial charge in [-0.3, -0.25) is 0 Å². The lowest BCUT2D eigenvalue weighted by Gasteiger charge is -2.20. The minimum Gasteiger partial charge on any atom is -0.393 e. The van der Waals surface area contributed by atoms with Crippen LogP contribution in [0.3, 0.4) is 0 Å². The highest BCUT2D eigenvalue weighted by molar-refractivity contribution is 5.78. The minimum atomic E-state index is -4.42. The van der Waals surface area contributed by atoms with E-state index in [2.05, 4.69) is 15.3 Å². The normalized spacial score (nSPS) is 10.6. The Morgan fingerprint density at radius 1 is 1.08 bits per heavy atom. The predicted octanol–water partition coefficient (Wildman–Crippen LogP) is 2.67. The molecule has 0 radical (unpaired) electrons. The first kappa shape index (κ1) is 17.8. The zero-order chi connectivity index (χ0) is 18.4. The van der Waals surface area contributed by atoms with Gasteiger partial charge in [0.1, 0.15) is 25.1 Å². The van der Waals surface area contributed by atoms with Crippen molar-refractivity contribution in [2.75, 3.05) is 29.0 Å². The molecule has 0 saturated carbocycles. The summed E-state index contributed by atoms with van der Waals surface area (Å²) in [6, 6.07) is 8.14. The summed E-state index contributed by atoms with van der Waals surface area (Å²) in [5, 5.41) is 20.4. The average Bonchev–Trinajstić information content (AvgIpc) is 2.56. The molecule has 0 spiro atoms. The van der Waals surface area contributed by atoms with Gasteiger partial charge >= 0.3 is 6.18 Å². The van der Waals surface area contributed by atoms with Gasteiger partial charge in [-0.05, 0) is 24.3 Å². The van der Waals surface area contributed by atoms with Crippen LogP contribution >= 0.6 is 0 Å². The van der Waals surface area contributed by atoms with Crippen molar-refractivity contribution in [3.63, 3.8) is 0 Å². The fourth-order valence-electron chi connectivity index (χ4n) is 1.99. The third kappa shape index (κ3) is 4.26. The van der Waals surface area contributed by atoms with Crippen molar-refractivity contribution >= 4 is 23.0 Å². The van der Waals surface area contributed by atoms with E-state index in [1.165, 1.54) is 23.4 Å². The van der Waals surface area contributed by atoms with Crippen molar-refractivity contribution in [3.05, 3.63) is 36.2 Å². The number of hydrogen-bond donors (Lipinski definition) is 2. The van der Waals surface area contributed by atoms with E-state index in [0.717, 1.165) is 12.1 Å². The SMILES string of the molecule is N#CCN(CC#N)c1ncnc(Nc2ccc(C(F)(F)F)cc2)c1N. The van der Waals surface area contributed by atoms with E-state index in [0.29, 0.717) is 5.69 Å². The Morgan fingerprint density at radius 2 is 1.68 bits per heavy atom. The molecule has 128 valence electrons. The summed E-state index contributed by atoms with van der Waals surface area (Å²) in [5.74, 6) is 0.346. The van der Waals surface area contributed by atoms with Crippen LogP contribution in [-0.4, -0.2) is 23.1 Å². The van der Waals surface area contributed by atoms with Crippen LogP contribution in [0.2, 0.25) is 0 Å². The molecular formula is C15H12F3N7. The fraction of sp³-hybridized carbons (Fsp3) is 0.200. The molecule has 25 heavy (non-hydrogen) atoms. The van der Waals surface area contributed by atoms with Crippen LogP contribution in [0.15, 0.2) is 30.6 Å². The van der Waals surface area contributed by atoms with Gasteiger partial charge in [-0.25, -0.2) is 9.97 Å². The maximum Gasteiger partial charge on any atom is 0.416 e. The summed E-state index contributed by atoms with van der Waals surface area (Å²) in [6.07, 6.45) is -3.24. The van der Waals surface area contributed by atoms with Gasteiger partial charge in [-0.15, -0.1) is 0 Å². The number of hydrogen-bond acceptors (Lipinski definition) is 7. The van der Waals surface area contributed by atoms with E-state index < -0.39 is 11.7 Å². The Bertz CT molecular complexity index is 803. The van der Waals surface area contributed by atoms with Gasteiger partial charge < -0.3 is 16.0 Å². The standard InChI is InChI=1S/C15H12F3N7/c16-15(17,18)10-1-3-11(4-2-10)24-13-12(21)14(23-9-22-13)25(7-5-19)8-6-20/h1-4,9H,7-8,21H2,(H,22,23,24). The highest BCUT2D eigenvalue weighted by atomic mass is 19.4. The molecule has 0 bridgehead atoms. The van der Waals surface area contributed by atoms with Crippen molar-refractivity contribution < 1.29 is 13.2 Å². The molecule has 1 aromatic heterocycles. The molecule has 3 N–H and O–H groups in total. The van der Waals surface area contributed by atoms with Gasteiger partial charge in [0, 0.05) is 5.69 Å². The largest absolute Gasteiger partial charge is 0.416 e. The van der Waals surface area contributed by atoms with Crippen molar-refractivity contribution in [1.29, 1.82) is 10.5 Å². The minimum absolute atomic E-state index is 0.0768. The zero-order valence-electron chi connectivity index (χ0n) is 12.7. The number of nitrogens with zero attached hydrogens (tertiary/aromatic N) is 5. The Kier molecular flexibility index (Phi) is 5.25. The molecule has 0 unspecified atom stereocenters. The molecule has 2 rings (SSSR count). The second-order valence-corrected chi connectivity index (χ2v) is 4.83. The Morgan fingerprint density at radius 3 is 2.20 bits per heavy atom. The number of halogens is 3. The molecule has 0 fully saturated rings. The summed E-state index contributed by atoms with van der Waals surface area (Å²) < 4.78 is 37.7. The molecule has 0 aliphatic carbocycles. The molecule has 10 heteroatoms. The van der Waals surface area contributed by atoms with Crippen molar-refractivity contribution in [2.24, 2.45) is 0 Å². The van der Waals surface area contributed by atoms with E-state index in [9.17, 15) is 13.2 Å². The monoisotopic (exact) mass is 347 g/mol. The van der Waals surface area contributed by atoms with Crippen LogP contribution in [-0.2, 0) is 6.18 Å². The van der Waals surface area contributed by atoms with Crippen LogP contribution in [0.5, 0.6) is 0 Å². The van der Waals surface area contributed by atoms with Gasteiger partial charge in [0.25, 0.3) is 0 Å². The number of alkyl halides is 3. The van der Waals surface area contributed by atoms with Gasteiger partial charge in [-0.1, -0.05) is 0 Å². The summed E-state index contributed by atoms with van der Waals surface area (Å²) in [6.45, 7) is -0.205. The maximum absolute atomic E-state index is 12.6. The first-order valence-electron chi connectivity index (χ1n) is 6.90. The molecule has 0 amide bonds. The molecule has 0 aliphatic heterocycles. The lowest BCUT2D eigenvalue weighted by molar-refractivity contribution is -0.137. The third-order valence-electron chi connectivity index (χ3n) is 3.16. The number of aromatic nitrogens is 2.